The smallest absolute Gasteiger partial charge is 0.257 e. The minimum absolute atomic E-state index is 0.00569. The molecule has 1 aliphatic carbocycles. The maximum Gasteiger partial charge on any atom is 0.257 e. The summed E-state index contributed by atoms with van der Waals surface area (Å²) in [6.45, 7) is 5.02. The molecule has 1 N–H and O–H groups in total. The number of hydrogen-bond donors (Lipinski definition) is 1. The molecule has 1 aromatic carbocycles. The Labute approximate surface area is 196 Å². The summed E-state index contributed by atoms with van der Waals surface area (Å²) in [5, 5.41) is 0. The predicted molar refractivity (Wildman–Crippen MR) is 126 cm³/mol. The lowest BCUT2D eigenvalue weighted by Crippen LogP contribution is -2.51. The quantitative estimate of drug-likeness (QED) is 0.707. The minimum atomic E-state index is -3.51. The lowest BCUT2D eigenvalue weighted by Gasteiger charge is -2.39. The summed E-state index contributed by atoms with van der Waals surface area (Å²) in [5.74, 6) is 0.250. The summed E-state index contributed by atoms with van der Waals surface area (Å²) in [5.41, 5.74) is 0.526. The van der Waals surface area contributed by atoms with Crippen LogP contribution < -0.4 is 9.46 Å². The second-order valence-electron chi connectivity index (χ2n) is 9.30. The zero-order valence-electron chi connectivity index (χ0n) is 20.0. The first-order valence-electron chi connectivity index (χ1n) is 11.3. The molecule has 0 aromatic heterocycles. The van der Waals surface area contributed by atoms with Crippen LogP contribution in [0, 0.1) is 11.8 Å². The van der Waals surface area contributed by atoms with Gasteiger partial charge in [0.25, 0.3) is 5.91 Å². The molecule has 0 saturated heterocycles. The number of ether oxygens (including phenoxy) is 2. The first-order chi connectivity index (χ1) is 15.5. The summed E-state index contributed by atoms with van der Waals surface area (Å²) in [7, 11) is -0.222. The van der Waals surface area contributed by atoms with Crippen LogP contribution in [-0.2, 0) is 19.6 Å². The fourth-order valence-electron chi connectivity index (χ4n) is 4.25. The van der Waals surface area contributed by atoms with Crippen molar-refractivity contribution in [3.05, 3.63) is 23.8 Å². The Morgan fingerprint density at radius 1 is 1.21 bits per heavy atom. The normalized spacial score (nSPS) is 25.2. The molecule has 1 fully saturated rings. The van der Waals surface area contributed by atoms with Crippen LogP contribution in [-0.4, -0.2) is 82.3 Å². The predicted octanol–water partition coefficient (Wildman–Crippen LogP) is 2.19. The molecule has 10 heteroatoms. The van der Waals surface area contributed by atoms with E-state index < -0.39 is 10.0 Å². The molecule has 2 amide bonds. The van der Waals surface area contributed by atoms with Gasteiger partial charge >= 0.3 is 0 Å². The van der Waals surface area contributed by atoms with Crippen LogP contribution in [0.15, 0.2) is 18.2 Å². The Morgan fingerprint density at radius 2 is 1.91 bits per heavy atom. The zero-order chi connectivity index (χ0) is 24.3. The van der Waals surface area contributed by atoms with Gasteiger partial charge in [-0.2, -0.15) is 0 Å². The number of methoxy groups -OCH3 is 1. The van der Waals surface area contributed by atoms with Gasteiger partial charge in [0.1, 0.15) is 12.4 Å². The molecule has 1 aromatic rings. The number of nitrogens with one attached hydrogen (secondary N) is 1. The number of sulfonamides is 1. The highest BCUT2D eigenvalue weighted by Gasteiger charge is 2.35. The molecular formula is C23H35N3O6S. The second kappa shape index (κ2) is 10.3. The van der Waals surface area contributed by atoms with Crippen LogP contribution in [0.25, 0.3) is 0 Å². The molecule has 184 valence electrons. The molecule has 3 atom stereocenters. The molecular weight excluding hydrogens is 446 g/mol. The SMILES string of the molecule is CO[C@H]1CN(C)C(=O)c2cc(NS(C)(=O)=O)ccc2OC[C@H](C)N(C(=O)C2CCC2)C[C@H]1C. The van der Waals surface area contributed by atoms with E-state index >= 15 is 0 Å². The van der Waals surface area contributed by atoms with Crippen LogP contribution >= 0.6 is 0 Å². The number of nitrogens with zero attached hydrogens (tertiary/aromatic N) is 2. The number of hydrogen-bond acceptors (Lipinski definition) is 6. The van der Waals surface area contributed by atoms with Gasteiger partial charge in [-0.05, 0) is 38.0 Å². The van der Waals surface area contributed by atoms with Crippen LogP contribution in [0.4, 0.5) is 5.69 Å². The molecule has 3 rings (SSSR count). The topological polar surface area (TPSA) is 105 Å². The minimum Gasteiger partial charge on any atom is -0.491 e. The van der Waals surface area contributed by atoms with E-state index in [0.29, 0.717) is 18.8 Å². The summed E-state index contributed by atoms with van der Waals surface area (Å²) in [4.78, 5) is 29.9. The number of anilines is 1. The number of amides is 2. The number of carbonyl (C=O) groups is 2. The van der Waals surface area contributed by atoms with Crippen molar-refractivity contribution in [2.45, 2.75) is 45.3 Å². The first-order valence-corrected chi connectivity index (χ1v) is 13.2. The van der Waals surface area contributed by atoms with E-state index in [1.807, 2.05) is 18.7 Å². The van der Waals surface area contributed by atoms with Gasteiger partial charge in [0, 0.05) is 44.8 Å². The van der Waals surface area contributed by atoms with Crippen molar-refractivity contribution in [2.75, 3.05) is 44.8 Å². The second-order valence-corrected chi connectivity index (χ2v) is 11.0. The van der Waals surface area contributed by atoms with E-state index in [9.17, 15) is 18.0 Å². The molecule has 9 nitrogen and oxygen atoms in total. The average Bonchev–Trinajstić information content (AvgIpc) is 2.70. The van der Waals surface area contributed by atoms with Crippen molar-refractivity contribution in [2.24, 2.45) is 11.8 Å². The average molecular weight is 482 g/mol. The van der Waals surface area contributed by atoms with Gasteiger partial charge in [0.05, 0.1) is 24.0 Å². The molecule has 0 bridgehead atoms. The molecule has 1 heterocycles. The molecule has 1 saturated carbocycles. The molecule has 0 radical (unpaired) electrons. The Balaban J connectivity index is 1.96. The highest BCUT2D eigenvalue weighted by atomic mass is 32.2. The maximum absolute atomic E-state index is 13.3. The van der Waals surface area contributed by atoms with Gasteiger partial charge in [-0.3, -0.25) is 14.3 Å². The van der Waals surface area contributed by atoms with Gasteiger partial charge < -0.3 is 19.3 Å². The first kappa shape index (κ1) is 25.3. The Hall–Kier alpha value is -2.33. The van der Waals surface area contributed by atoms with Gasteiger partial charge in [0.2, 0.25) is 15.9 Å². The van der Waals surface area contributed by atoms with Crippen molar-refractivity contribution in [3.8, 4) is 5.75 Å². The number of rotatable bonds is 4. The largest absolute Gasteiger partial charge is 0.491 e. The molecule has 0 unspecified atom stereocenters. The van der Waals surface area contributed by atoms with Crippen molar-refractivity contribution in [1.29, 1.82) is 0 Å². The number of benzene rings is 1. The van der Waals surface area contributed by atoms with Crippen molar-refractivity contribution < 1.29 is 27.5 Å². The number of carbonyl (C=O) groups excluding carboxylic acids is 2. The van der Waals surface area contributed by atoms with Crippen molar-refractivity contribution in [1.82, 2.24) is 9.80 Å². The highest BCUT2D eigenvalue weighted by Crippen LogP contribution is 2.31. The van der Waals surface area contributed by atoms with Crippen LogP contribution in [0.1, 0.15) is 43.5 Å². The number of fused-ring (bicyclic) bond motifs is 1. The summed E-state index contributed by atoms with van der Waals surface area (Å²) < 4.78 is 37.5. The number of likely N-dealkylation sites (N-methyl/N-ethyl adjacent to an activating group) is 1. The third-order valence-corrected chi connectivity index (χ3v) is 7.09. The van der Waals surface area contributed by atoms with Crippen LogP contribution in [0.3, 0.4) is 0 Å². The van der Waals surface area contributed by atoms with E-state index in [0.717, 1.165) is 25.5 Å². The molecule has 1 aliphatic heterocycles. The lowest BCUT2D eigenvalue weighted by molar-refractivity contribution is -0.142. The Bertz CT molecular complexity index is 978. The van der Waals surface area contributed by atoms with Crippen LogP contribution in [0.2, 0.25) is 0 Å². The van der Waals surface area contributed by atoms with Crippen LogP contribution in [0.5, 0.6) is 5.75 Å². The van der Waals surface area contributed by atoms with E-state index in [-0.39, 0.29) is 53.7 Å². The molecule has 0 spiro atoms. The third-order valence-electron chi connectivity index (χ3n) is 6.49. The Kier molecular flexibility index (Phi) is 7.89. The summed E-state index contributed by atoms with van der Waals surface area (Å²) >= 11 is 0. The van der Waals surface area contributed by atoms with E-state index in [1.54, 1.807) is 31.2 Å². The van der Waals surface area contributed by atoms with E-state index in [2.05, 4.69) is 4.72 Å². The zero-order valence-corrected chi connectivity index (χ0v) is 20.9. The third kappa shape index (κ3) is 6.17. The lowest BCUT2D eigenvalue weighted by atomic mass is 9.83. The fourth-order valence-corrected chi connectivity index (χ4v) is 4.81. The Morgan fingerprint density at radius 3 is 2.48 bits per heavy atom. The van der Waals surface area contributed by atoms with Crippen molar-refractivity contribution in [3.63, 3.8) is 0 Å². The monoisotopic (exact) mass is 481 g/mol. The van der Waals surface area contributed by atoms with Gasteiger partial charge in [-0.15, -0.1) is 0 Å². The fraction of sp³-hybridized carbons (Fsp3) is 0.652. The standard InChI is InChI=1S/C23H35N3O6S/c1-15-12-26(22(27)17-7-6-8-17)16(2)14-32-20-10-9-18(24-33(5,29)30)11-19(20)23(28)25(3)13-21(15)31-4/h9-11,15-17,21,24H,6-8,12-14H2,1-5H3/t15-,16+,21+/m1/s1. The molecule has 33 heavy (non-hydrogen) atoms. The summed E-state index contributed by atoms with van der Waals surface area (Å²) in [6, 6.07) is 4.42. The highest BCUT2D eigenvalue weighted by molar-refractivity contribution is 7.92. The van der Waals surface area contributed by atoms with Crippen molar-refractivity contribution >= 4 is 27.5 Å². The van der Waals surface area contributed by atoms with E-state index in [4.69, 9.17) is 9.47 Å². The molecule has 2 aliphatic rings. The van der Waals surface area contributed by atoms with E-state index in [1.165, 1.54) is 6.07 Å². The van der Waals surface area contributed by atoms with Gasteiger partial charge in [-0.25, -0.2) is 8.42 Å². The van der Waals surface area contributed by atoms with Gasteiger partial charge in [-0.1, -0.05) is 13.3 Å². The van der Waals surface area contributed by atoms with Gasteiger partial charge in [0.15, 0.2) is 0 Å². The summed E-state index contributed by atoms with van der Waals surface area (Å²) in [6.07, 6.45) is 3.69. The maximum atomic E-state index is 13.3.